The van der Waals surface area contributed by atoms with E-state index < -0.39 is 10.1 Å². The van der Waals surface area contributed by atoms with Gasteiger partial charge in [0, 0.05) is 6.07 Å². The molecule has 20 heavy (non-hydrogen) atoms. The summed E-state index contributed by atoms with van der Waals surface area (Å²) in [7, 11) is -4.20. The Morgan fingerprint density at radius 3 is 2.20 bits per heavy atom. The molecule has 0 aliphatic heterocycles. The topological polar surface area (TPSA) is 98.7 Å². The van der Waals surface area contributed by atoms with Crippen LogP contribution in [-0.2, 0) is 10.1 Å². The molecule has 0 unspecified atom stereocenters. The molecular weight excluding hydrogens is 304 g/mol. The standard InChI is InChI=1S/C12H11ClN2O4S/c13-11-7-9(16)3-6-12(11)15-14-8-1-4-10(5-2-8)20(17,18)19/h1-7,14-16H,(H,17,18,19). The maximum Gasteiger partial charge on any atom is 0.294 e. The number of rotatable bonds is 4. The van der Waals surface area contributed by atoms with Crippen LogP contribution in [0.25, 0.3) is 0 Å². The van der Waals surface area contributed by atoms with Crippen LogP contribution < -0.4 is 10.9 Å². The van der Waals surface area contributed by atoms with Crippen molar-refractivity contribution in [2.24, 2.45) is 0 Å². The number of hydrazine groups is 1. The zero-order valence-electron chi connectivity index (χ0n) is 10.0. The molecule has 0 spiro atoms. The van der Waals surface area contributed by atoms with E-state index in [4.69, 9.17) is 16.2 Å². The number of nitrogens with one attached hydrogen (secondary N) is 2. The molecule has 0 saturated carbocycles. The molecule has 106 valence electrons. The molecule has 0 aliphatic rings. The molecule has 6 nitrogen and oxygen atoms in total. The number of anilines is 2. The molecule has 0 amide bonds. The summed E-state index contributed by atoms with van der Waals surface area (Å²) in [5, 5.41) is 9.54. The van der Waals surface area contributed by atoms with Gasteiger partial charge in [0.25, 0.3) is 10.1 Å². The Labute approximate surface area is 120 Å². The van der Waals surface area contributed by atoms with Crippen LogP contribution >= 0.6 is 11.6 Å². The highest BCUT2D eigenvalue weighted by Gasteiger charge is 2.08. The fraction of sp³-hybridized carbons (Fsp3) is 0. The molecule has 0 fully saturated rings. The Balaban J connectivity index is 2.08. The Morgan fingerprint density at radius 1 is 1.00 bits per heavy atom. The summed E-state index contributed by atoms with van der Waals surface area (Å²) >= 11 is 5.91. The summed E-state index contributed by atoms with van der Waals surface area (Å²) in [6.45, 7) is 0. The van der Waals surface area contributed by atoms with Crippen LogP contribution in [0, 0.1) is 0 Å². The molecule has 2 aromatic rings. The zero-order chi connectivity index (χ0) is 14.8. The van der Waals surface area contributed by atoms with E-state index in [9.17, 15) is 13.5 Å². The van der Waals surface area contributed by atoms with Crippen LogP contribution in [0.1, 0.15) is 0 Å². The number of phenolic OH excluding ortho intramolecular Hbond substituents is 1. The second kappa shape index (κ2) is 5.58. The highest BCUT2D eigenvalue weighted by Crippen LogP contribution is 2.26. The molecule has 4 N–H and O–H groups in total. The van der Waals surface area contributed by atoms with Crippen LogP contribution in [0.2, 0.25) is 5.02 Å². The summed E-state index contributed by atoms with van der Waals surface area (Å²) in [5.74, 6) is 0.0538. The van der Waals surface area contributed by atoms with Crippen LogP contribution in [-0.4, -0.2) is 18.1 Å². The van der Waals surface area contributed by atoms with Crippen molar-refractivity contribution in [2.75, 3.05) is 10.9 Å². The predicted octanol–water partition coefficient (Wildman–Crippen LogP) is 2.73. The normalized spacial score (nSPS) is 11.1. The molecule has 8 heteroatoms. The van der Waals surface area contributed by atoms with Crippen LogP contribution in [0.5, 0.6) is 5.75 Å². The second-order valence-corrected chi connectivity index (χ2v) is 5.74. The van der Waals surface area contributed by atoms with Crippen LogP contribution in [0.3, 0.4) is 0 Å². The molecule has 0 heterocycles. The van der Waals surface area contributed by atoms with Crippen molar-refractivity contribution < 1.29 is 18.1 Å². The second-order valence-electron chi connectivity index (χ2n) is 3.91. The van der Waals surface area contributed by atoms with Gasteiger partial charge >= 0.3 is 0 Å². The van der Waals surface area contributed by atoms with Gasteiger partial charge in [-0.15, -0.1) is 0 Å². The van der Waals surface area contributed by atoms with E-state index in [1.54, 1.807) is 6.07 Å². The Hall–Kier alpha value is -1.96. The van der Waals surface area contributed by atoms with Gasteiger partial charge in [-0.3, -0.25) is 9.98 Å². The lowest BCUT2D eigenvalue weighted by atomic mass is 10.3. The van der Waals surface area contributed by atoms with Crippen molar-refractivity contribution >= 4 is 33.1 Å². The third-order valence-corrected chi connectivity index (χ3v) is 3.63. The maximum absolute atomic E-state index is 10.9. The zero-order valence-corrected chi connectivity index (χ0v) is 11.6. The molecule has 0 atom stereocenters. The smallest absolute Gasteiger partial charge is 0.294 e. The monoisotopic (exact) mass is 314 g/mol. The van der Waals surface area contributed by atoms with Crippen molar-refractivity contribution in [1.82, 2.24) is 0 Å². The number of halogens is 1. The van der Waals surface area contributed by atoms with E-state index in [1.165, 1.54) is 36.4 Å². The summed E-state index contributed by atoms with van der Waals surface area (Å²) in [5.41, 5.74) is 6.73. The Morgan fingerprint density at radius 2 is 1.65 bits per heavy atom. The van der Waals surface area contributed by atoms with E-state index in [1.807, 2.05) is 0 Å². The first kappa shape index (κ1) is 14.4. The highest BCUT2D eigenvalue weighted by molar-refractivity contribution is 7.85. The molecule has 0 bridgehead atoms. The lowest BCUT2D eigenvalue weighted by molar-refractivity contribution is 0.475. The van der Waals surface area contributed by atoms with Gasteiger partial charge in [-0.2, -0.15) is 8.42 Å². The Bertz CT molecular complexity index is 717. The maximum atomic E-state index is 10.9. The first-order chi connectivity index (χ1) is 9.36. The van der Waals surface area contributed by atoms with Gasteiger partial charge in [-0.1, -0.05) is 11.6 Å². The van der Waals surface area contributed by atoms with E-state index >= 15 is 0 Å². The summed E-state index contributed by atoms with van der Waals surface area (Å²) in [6, 6.07) is 9.91. The summed E-state index contributed by atoms with van der Waals surface area (Å²) in [4.78, 5) is -0.189. The van der Waals surface area contributed by atoms with Crippen molar-refractivity contribution in [3.8, 4) is 5.75 Å². The molecule has 0 aliphatic carbocycles. The summed E-state index contributed by atoms with van der Waals surface area (Å²) < 4.78 is 30.6. The van der Waals surface area contributed by atoms with Gasteiger partial charge in [-0.25, -0.2) is 0 Å². The van der Waals surface area contributed by atoms with Crippen molar-refractivity contribution in [3.05, 3.63) is 47.5 Å². The first-order valence-electron chi connectivity index (χ1n) is 5.44. The lowest BCUT2D eigenvalue weighted by Crippen LogP contribution is -2.09. The molecule has 2 rings (SSSR count). The van der Waals surface area contributed by atoms with Gasteiger partial charge in [-0.05, 0) is 36.4 Å². The van der Waals surface area contributed by atoms with Crippen molar-refractivity contribution in [1.29, 1.82) is 0 Å². The van der Waals surface area contributed by atoms with E-state index in [-0.39, 0.29) is 10.6 Å². The number of hydrogen-bond donors (Lipinski definition) is 4. The highest BCUT2D eigenvalue weighted by atomic mass is 35.5. The average Bonchev–Trinajstić information content (AvgIpc) is 2.37. The third kappa shape index (κ3) is 3.53. The minimum absolute atomic E-state index is 0.0538. The lowest BCUT2D eigenvalue weighted by Gasteiger charge is -2.11. The minimum atomic E-state index is -4.20. The molecule has 2 aromatic carbocycles. The quantitative estimate of drug-likeness (QED) is 0.393. The van der Waals surface area contributed by atoms with E-state index in [2.05, 4.69) is 10.9 Å². The van der Waals surface area contributed by atoms with Gasteiger partial charge in [0.05, 0.1) is 21.3 Å². The van der Waals surface area contributed by atoms with Gasteiger partial charge < -0.3 is 10.5 Å². The average molecular weight is 315 g/mol. The van der Waals surface area contributed by atoms with E-state index in [0.29, 0.717) is 16.4 Å². The third-order valence-electron chi connectivity index (χ3n) is 2.45. The molecular formula is C12H11ClN2O4S. The number of phenols is 1. The SMILES string of the molecule is O=S(=O)(O)c1ccc(NNc2ccc(O)cc2Cl)cc1. The van der Waals surface area contributed by atoms with Crippen LogP contribution in [0.4, 0.5) is 11.4 Å². The fourth-order valence-corrected chi connectivity index (χ4v) is 2.16. The van der Waals surface area contributed by atoms with Crippen LogP contribution in [0.15, 0.2) is 47.4 Å². The largest absolute Gasteiger partial charge is 0.508 e. The van der Waals surface area contributed by atoms with Crippen molar-refractivity contribution in [2.45, 2.75) is 4.90 Å². The van der Waals surface area contributed by atoms with Crippen molar-refractivity contribution in [3.63, 3.8) is 0 Å². The predicted molar refractivity (Wildman–Crippen MR) is 76.6 cm³/mol. The Kier molecular flexibility index (Phi) is 4.03. The number of aromatic hydroxyl groups is 1. The molecule has 0 radical (unpaired) electrons. The number of benzene rings is 2. The van der Waals surface area contributed by atoms with Gasteiger partial charge in [0.1, 0.15) is 5.75 Å². The van der Waals surface area contributed by atoms with Gasteiger partial charge in [0.2, 0.25) is 0 Å². The molecule has 0 saturated heterocycles. The first-order valence-corrected chi connectivity index (χ1v) is 7.26. The van der Waals surface area contributed by atoms with E-state index in [0.717, 1.165) is 0 Å². The minimum Gasteiger partial charge on any atom is -0.508 e. The summed E-state index contributed by atoms with van der Waals surface area (Å²) in [6.07, 6.45) is 0. The fourth-order valence-electron chi connectivity index (χ4n) is 1.46. The van der Waals surface area contributed by atoms with Gasteiger partial charge in [0.15, 0.2) is 0 Å². The molecule has 0 aromatic heterocycles. The number of hydrogen-bond acceptors (Lipinski definition) is 5.